The Bertz CT molecular complexity index is 633. The smallest absolute Gasteiger partial charge is 0.273 e. The number of rotatable bonds is 5. The van der Waals surface area contributed by atoms with Crippen molar-refractivity contribution in [1.29, 1.82) is 0 Å². The molecule has 2 aromatic rings. The van der Waals surface area contributed by atoms with E-state index in [0.29, 0.717) is 12.2 Å². The van der Waals surface area contributed by atoms with Crippen LogP contribution in [0.4, 0.5) is 0 Å². The number of amides is 1. The molecule has 0 fully saturated rings. The van der Waals surface area contributed by atoms with E-state index in [9.17, 15) is 4.79 Å². The number of nitrogens with one attached hydrogen (secondary N) is 1. The van der Waals surface area contributed by atoms with Gasteiger partial charge in [-0.1, -0.05) is 11.3 Å². The summed E-state index contributed by atoms with van der Waals surface area (Å²) in [6, 6.07) is 6.02. The molecule has 1 aromatic carbocycles. The van der Waals surface area contributed by atoms with Gasteiger partial charge >= 0.3 is 0 Å². The van der Waals surface area contributed by atoms with Gasteiger partial charge in [0.15, 0.2) is 5.69 Å². The van der Waals surface area contributed by atoms with Gasteiger partial charge in [0.05, 0.1) is 11.9 Å². The summed E-state index contributed by atoms with van der Waals surface area (Å²) in [5.74, 6) is -0.202. The van der Waals surface area contributed by atoms with Crippen molar-refractivity contribution >= 4 is 5.91 Å². The molecular formula is C15H21N5O. The summed E-state index contributed by atoms with van der Waals surface area (Å²) in [6.07, 6.45) is 1.65. The normalized spacial score (nSPS) is 10.9. The average Bonchev–Trinajstić information content (AvgIpc) is 2.91. The minimum absolute atomic E-state index is 0.202. The number of aromatic nitrogens is 3. The van der Waals surface area contributed by atoms with E-state index < -0.39 is 0 Å². The zero-order valence-corrected chi connectivity index (χ0v) is 12.9. The first kappa shape index (κ1) is 15.2. The third-order valence-corrected chi connectivity index (χ3v) is 3.33. The molecule has 1 heterocycles. The predicted molar refractivity (Wildman–Crippen MR) is 81.7 cm³/mol. The van der Waals surface area contributed by atoms with Crippen molar-refractivity contribution in [3.05, 3.63) is 41.2 Å². The molecule has 0 aliphatic heterocycles. The van der Waals surface area contributed by atoms with Crippen molar-refractivity contribution in [1.82, 2.24) is 25.2 Å². The van der Waals surface area contributed by atoms with Crippen LogP contribution in [0.1, 0.15) is 21.6 Å². The highest BCUT2D eigenvalue weighted by Gasteiger charge is 2.11. The average molecular weight is 287 g/mol. The molecule has 0 bridgehead atoms. The molecule has 6 nitrogen and oxygen atoms in total. The number of nitrogens with zero attached hydrogens (tertiary/aromatic N) is 4. The maximum absolute atomic E-state index is 11.9. The molecule has 0 radical (unpaired) electrons. The van der Waals surface area contributed by atoms with Gasteiger partial charge in [0.2, 0.25) is 0 Å². The maximum atomic E-state index is 11.9. The Hall–Kier alpha value is -2.21. The van der Waals surface area contributed by atoms with E-state index in [2.05, 4.69) is 22.6 Å². The van der Waals surface area contributed by atoms with Crippen LogP contribution in [0, 0.1) is 13.8 Å². The largest absolute Gasteiger partial charge is 0.349 e. The first-order valence-electron chi connectivity index (χ1n) is 6.90. The molecule has 6 heteroatoms. The number of hydrogen-bond acceptors (Lipinski definition) is 4. The van der Waals surface area contributed by atoms with Crippen LogP contribution in [-0.2, 0) is 0 Å². The molecule has 0 saturated heterocycles. The highest BCUT2D eigenvalue weighted by molar-refractivity contribution is 5.91. The monoisotopic (exact) mass is 287 g/mol. The fraction of sp³-hybridized carbons (Fsp3) is 0.400. The molecule has 0 aliphatic rings. The quantitative estimate of drug-likeness (QED) is 0.897. The summed E-state index contributed by atoms with van der Waals surface area (Å²) < 4.78 is 1.62. The zero-order chi connectivity index (χ0) is 15.4. The number of benzene rings is 1. The lowest BCUT2D eigenvalue weighted by atomic mass is 10.1. The highest BCUT2D eigenvalue weighted by atomic mass is 16.2. The molecule has 1 N–H and O–H groups in total. The summed E-state index contributed by atoms with van der Waals surface area (Å²) >= 11 is 0. The minimum Gasteiger partial charge on any atom is -0.349 e. The van der Waals surface area contributed by atoms with Crippen molar-refractivity contribution in [2.45, 2.75) is 13.8 Å². The van der Waals surface area contributed by atoms with Crippen molar-refractivity contribution in [3.63, 3.8) is 0 Å². The van der Waals surface area contributed by atoms with Crippen molar-refractivity contribution in [3.8, 4) is 5.69 Å². The Morgan fingerprint density at radius 3 is 2.71 bits per heavy atom. The van der Waals surface area contributed by atoms with E-state index in [4.69, 9.17) is 0 Å². The molecule has 1 amide bonds. The van der Waals surface area contributed by atoms with Gasteiger partial charge in [0.1, 0.15) is 0 Å². The second kappa shape index (κ2) is 6.49. The molecule has 0 atom stereocenters. The fourth-order valence-electron chi connectivity index (χ4n) is 1.85. The van der Waals surface area contributed by atoms with Crippen molar-refractivity contribution in [2.75, 3.05) is 27.2 Å². The number of hydrogen-bond donors (Lipinski definition) is 1. The van der Waals surface area contributed by atoms with Crippen LogP contribution in [0.5, 0.6) is 0 Å². The Balaban J connectivity index is 2.07. The lowest BCUT2D eigenvalue weighted by Gasteiger charge is -2.09. The van der Waals surface area contributed by atoms with Crippen LogP contribution in [-0.4, -0.2) is 53.0 Å². The third-order valence-electron chi connectivity index (χ3n) is 3.33. The Morgan fingerprint density at radius 1 is 1.29 bits per heavy atom. The molecule has 112 valence electrons. The summed E-state index contributed by atoms with van der Waals surface area (Å²) in [4.78, 5) is 14.0. The SMILES string of the molecule is Cc1ccc(-n2cc(C(=O)NCCN(C)C)nn2)cc1C. The van der Waals surface area contributed by atoms with Gasteiger partial charge in [-0.05, 0) is 51.2 Å². The molecular weight excluding hydrogens is 266 g/mol. The number of aryl methyl sites for hydroxylation is 2. The maximum Gasteiger partial charge on any atom is 0.273 e. The minimum atomic E-state index is -0.202. The lowest BCUT2D eigenvalue weighted by molar-refractivity contribution is 0.0946. The zero-order valence-electron chi connectivity index (χ0n) is 12.9. The summed E-state index contributed by atoms with van der Waals surface area (Å²) in [5, 5.41) is 10.8. The molecule has 21 heavy (non-hydrogen) atoms. The van der Waals surface area contributed by atoms with Crippen LogP contribution in [0.25, 0.3) is 5.69 Å². The van der Waals surface area contributed by atoms with Gasteiger partial charge in [-0.15, -0.1) is 5.10 Å². The number of likely N-dealkylation sites (N-methyl/N-ethyl adjacent to an activating group) is 1. The summed E-state index contributed by atoms with van der Waals surface area (Å²) in [6.45, 7) is 5.48. The molecule has 0 saturated carbocycles. The Morgan fingerprint density at radius 2 is 2.05 bits per heavy atom. The Labute approximate surface area is 124 Å². The molecule has 0 spiro atoms. The summed E-state index contributed by atoms with van der Waals surface area (Å²) in [7, 11) is 3.92. The van der Waals surface area contributed by atoms with Crippen molar-refractivity contribution in [2.24, 2.45) is 0 Å². The van der Waals surface area contributed by atoms with E-state index in [1.165, 1.54) is 11.1 Å². The summed E-state index contributed by atoms with van der Waals surface area (Å²) in [5.41, 5.74) is 3.63. The standard InChI is InChI=1S/C15H21N5O/c1-11-5-6-13(9-12(11)2)20-10-14(17-18-20)15(21)16-7-8-19(3)4/h5-6,9-10H,7-8H2,1-4H3,(H,16,21). The molecule has 2 rings (SSSR count). The van der Waals surface area contributed by atoms with Gasteiger partial charge in [0, 0.05) is 13.1 Å². The number of carbonyl (C=O) groups is 1. The van der Waals surface area contributed by atoms with Gasteiger partial charge < -0.3 is 10.2 Å². The van der Waals surface area contributed by atoms with E-state index >= 15 is 0 Å². The molecule has 1 aromatic heterocycles. The van der Waals surface area contributed by atoms with Gasteiger partial charge in [-0.2, -0.15) is 0 Å². The third kappa shape index (κ3) is 3.88. The first-order chi connectivity index (χ1) is 9.97. The van der Waals surface area contributed by atoms with Crippen LogP contribution >= 0.6 is 0 Å². The van der Waals surface area contributed by atoms with E-state index in [0.717, 1.165) is 12.2 Å². The number of carbonyl (C=O) groups excluding carboxylic acids is 1. The lowest BCUT2D eigenvalue weighted by Crippen LogP contribution is -2.31. The fourth-order valence-corrected chi connectivity index (χ4v) is 1.85. The molecule has 0 unspecified atom stereocenters. The van der Waals surface area contributed by atoms with Gasteiger partial charge in [-0.25, -0.2) is 4.68 Å². The van der Waals surface area contributed by atoms with E-state index in [1.807, 2.05) is 44.1 Å². The second-order valence-electron chi connectivity index (χ2n) is 5.38. The highest BCUT2D eigenvalue weighted by Crippen LogP contribution is 2.13. The van der Waals surface area contributed by atoms with Gasteiger partial charge in [0.25, 0.3) is 5.91 Å². The van der Waals surface area contributed by atoms with Crippen LogP contribution in [0.2, 0.25) is 0 Å². The Kier molecular flexibility index (Phi) is 4.70. The van der Waals surface area contributed by atoms with Crippen LogP contribution < -0.4 is 5.32 Å². The van der Waals surface area contributed by atoms with E-state index in [1.54, 1.807) is 10.9 Å². The van der Waals surface area contributed by atoms with Crippen LogP contribution in [0.15, 0.2) is 24.4 Å². The van der Waals surface area contributed by atoms with Crippen LogP contribution in [0.3, 0.4) is 0 Å². The predicted octanol–water partition coefficient (Wildman–Crippen LogP) is 1.18. The van der Waals surface area contributed by atoms with E-state index in [-0.39, 0.29) is 5.91 Å². The van der Waals surface area contributed by atoms with Crippen molar-refractivity contribution < 1.29 is 4.79 Å². The topological polar surface area (TPSA) is 63.1 Å². The molecule has 0 aliphatic carbocycles. The second-order valence-corrected chi connectivity index (χ2v) is 5.38. The first-order valence-corrected chi connectivity index (χ1v) is 6.90. The van der Waals surface area contributed by atoms with Gasteiger partial charge in [-0.3, -0.25) is 4.79 Å².